The predicted molar refractivity (Wildman–Crippen MR) is 106 cm³/mol. The van der Waals surface area contributed by atoms with Crippen molar-refractivity contribution >= 4 is 6.29 Å². The van der Waals surface area contributed by atoms with E-state index in [1.807, 2.05) is 0 Å². The van der Waals surface area contributed by atoms with Crippen LogP contribution >= 0.6 is 0 Å². The van der Waals surface area contributed by atoms with E-state index in [0.29, 0.717) is 23.2 Å². The van der Waals surface area contributed by atoms with Gasteiger partial charge in [-0.25, -0.2) is 0 Å². The first-order chi connectivity index (χ1) is 11.9. The van der Waals surface area contributed by atoms with Crippen LogP contribution in [0.2, 0.25) is 0 Å². The molecular formula is C24H36O. The monoisotopic (exact) mass is 340 g/mol. The highest BCUT2D eigenvalue weighted by molar-refractivity contribution is 5.54. The predicted octanol–water partition coefficient (Wildman–Crippen LogP) is 6.51. The van der Waals surface area contributed by atoms with Crippen LogP contribution in [-0.4, -0.2) is 6.29 Å². The van der Waals surface area contributed by atoms with E-state index >= 15 is 0 Å². The van der Waals surface area contributed by atoms with E-state index in [4.69, 9.17) is 0 Å². The van der Waals surface area contributed by atoms with Gasteiger partial charge in [-0.3, -0.25) is 0 Å². The molecule has 3 aliphatic carbocycles. The summed E-state index contributed by atoms with van der Waals surface area (Å²) in [6.45, 7) is 13.6. The summed E-state index contributed by atoms with van der Waals surface area (Å²) in [6.07, 6.45) is 14.8. The van der Waals surface area contributed by atoms with E-state index in [0.717, 1.165) is 5.92 Å². The highest BCUT2D eigenvalue weighted by atomic mass is 16.1. The Balaban J connectivity index is 1.83. The molecule has 138 valence electrons. The fraction of sp³-hybridized carbons (Fsp3) is 0.708. The first-order valence-corrected chi connectivity index (χ1v) is 10.4. The van der Waals surface area contributed by atoms with Crippen LogP contribution in [0.5, 0.6) is 0 Å². The molecule has 3 aliphatic rings. The molecule has 3 saturated carbocycles. The molecule has 0 aromatic carbocycles. The van der Waals surface area contributed by atoms with Crippen LogP contribution in [0, 0.1) is 35.0 Å². The molecule has 0 amide bonds. The van der Waals surface area contributed by atoms with Gasteiger partial charge in [0.2, 0.25) is 0 Å². The minimum absolute atomic E-state index is 0.201. The Labute approximate surface area is 154 Å². The van der Waals surface area contributed by atoms with Gasteiger partial charge >= 0.3 is 0 Å². The Morgan fingerprint density at radius 3 is 2.72 bits per heavy atom. The standard InChI is InChI=1S/C24H36O/c1-16-13-17(2)19(4)21(14-16)9-8-20-7-6-12-24(5)22(18(3)15-25)10-11-23(20)24/h8-9,15-18,22-23H,4,6-7,10-14H2,1-3,5H3/b20-8+,21-9+. The fourth-order valence-electron chi connectivity index (χ4n) is 6.27. The van der Waals surface area contributed by atoms with Gasteiger partial charge in [0.15, 0.2) is 0 Å². The maximum Gasteiger partial charge on any atom is 0.123 e. The van der Waals surface area contributed by atoms with Crippen molar-refractivity contribution < 1.29 is 4.79 Å². The number of aldehydes is 1. The van der Waals surface area contributed by atoms with Crippen molar-refractivity contribution in [2.24, 2.45) is 35.0 Å². The average molecular weight is 341 g/mol. The average Bonchev–Trinajstić information content (AvgIpc) is 2.93. The molecule has 0 spiro atoms. The zero-order valence-corrected chi connectivity index (χ0v) is 16.7. The van der Waals surface area contributed by atoms with E-state index in [1.165, 1.54) is 62.4 Å². The summed E-state index contributed by atoms with van der Waals surface area (Å²) >= 11 is 0. The van der Waals surface area contributed by atoms with Gasteiger partial charge in [-0.05, 0) is 85.2 Å². The second-order valence-electron chi connectivity index (χ2n) is 9.50. The van der Waals surface area contributed by atoms with Crippen molar-refractivity contribution in [1.82, 2.24) is 0 Å². The SMILES string of the molecule is C=C1/C(=C/C=C2\CCCC3(C)C2CCC3C(C)C=O)CC(C)CC1C. The molecule has 1 heteroatoms. The highest BCUT2D eigenvalue weighted by Gasteiger charge is 2.50. The highest BCUT2D eigenvalue weighted by Crippen LogP contribution is 2.59. The van der Waals surface area contributed by atoms with Gasteiger partial charge in [0.05, 0.1) is 0 Å². The Hall–Kier alpha value is -1.11. The van der Waals surface area contributed by atoms with Crippen molar-refractivity contribution in [3.63, 3.8) is 0 Å². The van der Waals surface area contributed by atoms with E-state index < -0.39 is 0 Å². The summed E-state index contributed by atoms with van der Waals surface area (Å²) in [4.78, 5) is 11.4. The third-order valence-electron chi connectivity index (χ3n) is 7.72. The Morgan fingerprint density at radius 2 is 2.00 bits per heavy atom. The summed E-state index contributed by atoms with van der Waals surface area (Å²) in [5.41, 5.74) is 4.79. The molecule has 0 aromatic heterocycles. The van der Waals surface area contributed by atoms with Gasteiger partial charge in [0.25, 0.3) is 0 Å². The Bertz CT molecular complexity index is 595. The van der Waals surface area contributed by atoms with Crippen molar-refractivity contribution in [2.45, 2.75) is 72.6 Å². The molecule has 3 rings (SSSR count). The van der Waals surface area contributed by atoms with Crippen molar-refractivity contribution in [2.75, 3.05) is 0 Å². The summed E-state index contributed by atoms with van der Waals surface area (Å²) in [7, 11) is 0. The molecular weight excluding hydrogens is 304 g/mol. The molecule has 1 nitrogen and oxygen atoms in total. The number of fused-ring (bicyclic) bond motifs is 1. The van der Waals surface area contributed by atoms with Gasteiger partial charge in [0.1, 0.15) is 6.29 Å². The molecule has 0 saturated heterocycles. The number of rotatable bonds is 3. The molecule has 25 heavy (non-hydrogen) atoms. The normalized spacial score (nSPS) is 43.3. The van der Waals surface area contributed by atoms with Gasteiger partial charge < -0.3 is 4.79 Å². The molecule has 0 aromatic rings. The lowest BCUT2D eigenvalue weighted by molar-refractivity contribution is -0.113. The minimum Gasteiger partial charge on any atom is -0.303 e. The van der Waals surface area contributed by atoms with Gasteiger partial charge in [-0.2, -0.15) is 0 Å². The van der Waals surface area contributed by atoms with Crippen molar-refractivity contribution in [3.05, 3.63) is 35.5 Å². The number of allylic oxidation sites excluding steroid dienone is 5. The van der Waals surface area contributed by atoms with Gasteiger partial charge in [-0.15, -0.1) is 0 Å². The number of hydrogen-bond donors (Lipinski definition) is 0. The zero-order chi connectivity index (χ0) is 18.2. The Kier molecular flexibility index (Phi) is 5.42. The van der Waals surface area contributed by atoms with Crippen LogP contribution in [0.1, 0.15) is 72.6 Å². The number of hydrogen-bond acceptors (Lipinski definition) is 1. The summed E-state index contributed by atoms with van der Waals surface area (Å²) in [5, 5.41) is 0. The molecule has 6 unspecified atom stereocenters. The molecule has 0 radical (unpaired) electrons. The number of carbonyl (C=O) groups is 1. The van der Waals surface area contributed by atoms with E-state index in [-0.39, 0.29) is 5.92 Å². The van der Waals surface area contributed by atoms with Crippen molar-refractivity contribution in [1.29, 1.82) is 0 Å². The largest absolute Gasteiger partial charge is 0.303 e. The van der Waals surface area contributed by atoms with Crippen LogP contribution in [0.3, 0.4) is 0 Å². The minimum atomic E-state index is 0.201. The maximum atomic E-state index is 11.4. The van der Waals surface area contributed by atoms with Gasteiger partial charge in [0, 0.05) is 5.92 Å². The molecule has 0 heterocycles. The van der Waals surface area contributed by atoms with E-state index in [2.05, 4.69) is 46.4 Å². The molecule has 6 atom stereocenters. The molecule has 0 bridgehead atoms. The molecule has 0 N–H and O–H groups in total. The van der Waals surface area contributed by atoms with Crippen LogP contribution in [0.25, 0.3) is 0 Å². The Morgan fingerprint density at radius 1 is 1.24 bits per heavy atom. The van der Waals surface area contributed by atoms with Crippen LogP contribution in [0.15, 0.2) is 35.5 Å². The lowest BCUT2D eigenvalue weighted by atomic mass is 9.61. The fourth-order valence-corrected chi connectivity index (χ4v) is 6.27. The smallest absolute Gasteiger partial charge is 0.123 e. The van der Waals surface area contributed by atoms with E-state index in [1.54, 1.807) is 5.57 Å². The first kappa shape index (κ1) is 18.7. The lowest BCUT2D eigenvalue weighted by Gasteiger charge is -2.43. The zero-order valence-electron chi connectivity index (χ0n) is 16.7. The quantitative estimate of drug-likeness (QED) is 0.535. The van der Waals surface area contributed by atoms with Crippen molar-refractivity contribution in [3.8, 4) is 0 Å². The van der Waals surface area contributed by atoms with Crippen LogP contribution < -0.4 is 0 Å². The number of carbonyl (C=O) groups excluding carboxylic acids is 1. The van der Waals surface area contributed by atoms with Gasteiger partial charge in [-0.1, -0.05) is 52.0 Å². The third-order valence-corrected chi connectivity index (χ3v) is 7.72. The summed E-state index contributed by atoms with van der Waals surface area (Å²) in [5.74, 6) is 2.83. The third kappa shape index (κ3) is 3.44. The van der Waals surface area contributed by atoms with Crippen LogP contribution in [0.4, 0.5) is 0 Å². The topological polar surface area (TPSA) is 17.1 Å². The lowest BCUT2D eigenvalue weighted by Crippen LogP contribution is -2.36. The van der Waals surface area contributed by atoms with E-state index in [9.17, 15) is 4.79 Å². The second kappa shape index (κ2) is 7.25. The summed E-state index contributed by atoms with van der Waals surface area (Å²) in [6, 6.07) is 0. The van der Waals surface area contributed by atoms with Crippen LogP contribution in [-0.2, 0) is 4.79 Å². The molecule has 0 aliphatic heterocycles. The summed E-state index contributed by atoms with van der Waals surface area (Å²) < 4.78 is 0. The maximum absolute atomic E-state index is 11.4. The first-order valence-electron chi connectivity index (χ1n) is 10.4. The molecule has 3 fully saturated rings. The second-order valence-corrected chi connectivity index (χ2v) is 9.50.